The van der Waals surface area contributed by atoms with Crippen LogP contribution in [-0.4, -0.2) is 21.1 Å². The molecule has 130 valence electrons. The molecule has 0 radical (unpaired) electrons. The lowest BCUT2D eigenvalue weighted by atomic mass is 10.2. The first-order valence-electron chi connectivity index (χ1n) is 8.38. The summed E-state index contributed by atoms with van der Waals surface area (Å²) in [5.74, 6) is -0.108. The third-order valence-corrected chi connectivity index (χ3v) is 6.68. The molecule has 0 saturated heterocycles. The van der Waals surface area contributed by atoms with E-state index < -0.39 is 0 Å². The van der Waals surface area contributed by atoms with E-state index in [9.17, 15) is 4.79 Å². The van der Waals surface area contributed by atoms with Gasteiger partial charge in [0.25, 0.3) is 0 Å². The summed E-state index contributed by atoms with van der Waals surface area (Å²) in [5, 5.41) is 13.6. The van der Waals surface area contributed by atoms with E-state index in [1.165, 1.54) is 28.6 Å². The van der Waals surface area contributed by atoms with Crippen LogP contribution < -0.4 is 5.32 Å². The van der Waals surface area contributed by atoms with Crippen molar-refractivity contribution in [3.8, 4) is 6.07 Å². The fraction of sp³-hybridized carbons (Fsp3) is 0.263. The van der Waals surface area contributed by atoms with Gasteiger partial charge in [-0.1, -0.05) is 17.8 Å². The van der Waals surface area contributed by atoms with E-state index in [0.29, 0.717) is 11.3 Å². The number of nitrogens with one attached hydrogen (secondary N) is 1. The Kier molecular flexibility index (Phi) is 4.62. The lowest BCUT2D eigenvalue weighted by Gasteiger charge is -2.12. The number of thioether (sulfide) groups is 1. The maximum Gasteiger partial charge on any atom is 0.237 e. The lowest BCUT2D eigenvalue weighted by Crippen LogP contribution is -2.22. The molecule has 2 heterocycles. The zero-order valence-corrected chi connectivity index (χ0v) is 15.8. The molecule has 5 nitrogen and oxygen atoms in total. The molecule has 0 saturated carbocycles. The topological polar surface area (TPSA) is 78.7 Å². The lowest BCUT2D eigenvalue weighted by molar-refractivity contribution is -0.115. The number of hydrogen-bond acceptors (Lipinski definition) is 6. The number of fused-ring (bicyclic) bond motifs is 3. The first-order valence-corrected chi connectivity index (χ1v) is 10.1. The molecule has 1 N–H and O–H groups in total. The van der Waals surface area contributed by atoms with Gasteiger partial charge < -0.3 is 5.32 Å². The van der Waals surface area contributed by atoms with Crippen LogP contribution in [-0.2, 0) is 17.6 Å². The number of thiophene rings is 1. The number of benzene rings is 1. The molecule has 4 rings (SSSR count). The third kappa shape index (κ3) is 3.18. The van der Waals surface area contributed by atoms with E-state index in [4.69, 9.17) is 5.26 Å². The van der Waals surface area contributed by atoms with E-state index in [2.05, 4.69) is 21.4 Å². The van der Waals surface area contributed by atoms with Crippen molar-refractivity contribution in [2.75, 3.05) is 5.32 Å². The second-order valence-electron chi connectivity index (χ2n) is 6.16. The normalized spacial score (nSPS) is 14.0. The minimum atomic E-state index is -0.309. The van der Waals surface area contributed by atoms with E-state index in [-0.39, 0.29) is 11.2 Å². The van der Waals surface area contributed by atoms with E-state index >= 15 is 0 Å². The first kappa shape index (κ1) is 17.0. The molecule has 0 aliphatic heterocycles. The minimum absolute atomic E-state index is 0.108. The Labute approximate surface area is 159 Å². The van der Waals surface area contributed by atoms with Crippen LogP contribution in [0.1, 0.15) is 29.3 Å². The average molecular weight is 380 g/mol. The number of carbonyl (C=O) groups excluding carboxylic acids is 1. The number of hydrogen-bond donors (Lipinski definition) is 1. The summed E-state index contributed by atoms with van der Waals surface area (Å²) >= 11 is 3.21. The minimum Gasteiger partial charge on any atom is -0.325 e. The van der Waals surface area contributed by atoms with Crippen LogP contribution in [0.5, 0.6) is 0 Å². The number of carbonyl (C=O) groups is 1. The average Bonchev–Trinajstić information content (AvgIpc) is 3.23. The first-order chi connectivity index (χ1) is 12.7. The molecular weight excluding hydrogens is 364 g/mol. The van der Waals surface area contributed by atoms with Crippen molar-refractivity contribution in [3.05, 3.63) is 46.6 Å². The summed E-state index contributed by atoms with van der Waals surface area (Å²) in [5.41, 5.74) is 2.52. The Morgan fingerprint density at radius 3 is 3.12 bits per heavy atom. The molecule has 1 atom stereocenters. The Bertz CT molecular complexity index is 1040. The van der Waals surface area contributed by atoms with Crippen molar-refractivity contribution < 1.29 is 4.79 Å². The van der Waals surface area contributed by atoms with Crippen LogP contribution in [0.2, 0.25) is 0 Å². The number of rotatable bonds is 4. The summed E-state index contributed by atoms with van der Waals surface area (Å²) < 4.78 is 0. The number of anilines is 1. The Balaban J connectivity index is 1.54. The van der Waals surface area contributed by atoms with Crippen LogP contribution in [0.3, 0.4) is 0 Å². The van der Waals surface area contributed by atoms with Crippen molar-refractivity contribution in [2.45, 2.75) is 36.5 Å². The molecule has 3 aromatic rings. The van der Waals surface area contributed by atoms with Gasteiger partial charge in [-0.3, -0.25) is 4.79 Å². The van der Waals surface area contributed by atoms with Crippen LogP contribution in [0.4, 0.5) is 5.69 Å². The molecule has 0 bridgehead atoms. The largest absolute Gasteiger partial charge is 0.325 e. The Morgan fingerprint density at radius 1 is 1.38 bits per heavy atom. The molecule has 2 aromatic heterocycles. The number of amides is 1. The van der Waals surface area contributed by atoms with Gasteiger partial charge in [-0.15, -0.1) is 11.3 Å². The maximum atomic E-state index is 12.6. The number of aryl methyl sites for hydroxylation is 2. The molecule has 1 aliphatic carbocycles. The van der Waals surface area contributed by atoms with Gasteiger partial charge in [0, 0.05) is 16.0 Å². The van der Waals surface area contributed by atoms with Crippen molar-refractivity contribution in [1.82, 2.24) is 9.97 Å². The van der Waals surface area contributed by atoms with Gasteiger partial charge in [0.2, 0.25) is 5.91 Å². The van der Waals surface area contributed by atoms with E-state index in [1.54, 1.807) is 41.9 Å². The fourth-order valence-electron chi connectivity index (χ4n) is 3.12. The van der Waals surface area contributed by atoms with Crippen molar-refractivity contribution in [1.29, 1.82) is 5.26 Å². The summed E-state index contributed by atoms with van der Waals surface area (Å²) in [6.45, 7) is 1.87. The predicted molar refractivity (Wildman–Crippen MR) is 105 cm³/mol. The predicted octanol–water partition coefficient (Wildman–Crippen LogP) is 4.17. The van der Waals surface area contributed by atoms with Crippen molar-refractivity contribution in [2.24, 2.45) is 0 Å². The molecule has 7 heteroatoms. The van der Waals surface area contributed by atoms with Gasteiger partial charge >= 0.3 is 0 Å². The molecule has 0 fully saturated rings. The van der Waals surface area contributed by atoms with Crippen LogP contribution in [0.25, 0.3) is 10.2 Å². The molecular formula is C19H16N4OS2. The van der Waals surface area contributed by atoms with Gasteiger partial charge in [-0.2, -0.15) is 5.26 Å². The van der Waals surface area contributed by atoms with Crippen LogP contribution in [0.15, 0.2) is 35.6 Å². The zero-order chi connectivity index (χ0) is 18.1. The van der Waals surface area contributed by atoms with Gasteiger partial charge in [0.15, 0.2) is 0 Å². The molecule has 26 heavy (non-hydrogen) atoms. The highest BCUT2D eigenvalue weighted by Crippen LogP contribution is 2.40. The SMILES string of the molecule is CC(Sc1ncnc2sc3c(c12)CCC3)C(=O)Nc1cccc(C#N)c1. The highest BCUT2D eigenvalue weighted by Gasteiger charge is 2.23. The smallest absolute Gasteiger partial charge is 0.237 e. The fourth-order valence-corrected chi connectivity index (χ4v) is 5.36. The van der Waals surface area contributed by atoms with Gasteiger partial charge in [0.1, 0.15) is 16.2 Å². The van der Waals surface area contributed by atoms with Gasteiger partial charge in [-0.25, -0.2) is 9.97 Å². The molecule has 1 amide bonds. The second kappa shape index (κ2) is 7.06. The van der Waals surface area contributed by atoms with Crippen molar-refractivity contribution in [3.63, 3.8) is 0 Å². The summed E-state index contributed by atoms with van der Waals surface area (Å²) in [4.78, 5) is 23.9. The van der Waals surface area contributed by atoms with E-state index in [0.717, 1.165) is 28.1 Å². The quantitative estimate of drug-likeness (QED) is 0.543. The zero-order valence-electron chi connectivity index (χ0n) is 14.2. The maximum absolute atomic E-state index is 12.6. The van der Waals surface area contributed by atoms with Gasteiger partial charge in [-0.05, 0) is 49.9 Å². The summed E-state index contributed by atoms with van der Waals surface area (Å²) in [7, 11) is 0. The summed E-state index contributed by atoms with van der Waals surface area (Å²) in [6.07, 6.45) is 4.95. The van der Waals surface area contributed by atoms with Crippen molar-refractivity contribution >= 4 is 44.9 Å². The Hall–Kier alpha value is -2.43. The van der Waals surface area contributed by atoms with Crippen LogP contribution >= 0.6 is 23.1 Å². The molecule has 1 aliphatic rings. The number of nitrogens with zero attached hydrogens (tertiary/aromatic N) is 3. The highest BCUT2D eigenvalue weighted by molar-refractivity contribution is 8.00. The third-order valence-electron chi connectivity index (χ3n) is 4.38. The number of aromatic nitrogens is 2. The Morgan fingerprint density at radius 2 is 2.27 bits per heavy atom. The molecule has 0 spiro atoms. The van der Waals surface area contributed by atoms with Crippen LogP contribution in [0, 0.1) is 11.3 Å². The van der Waals surface area contributed by atoms with E-state index in [1.807, 2.05) is 6.92 Å². The highest BCUT2D eigenvalue weighted by atomic mass is 32.2. The standard InChI is InChI=1S/C19H16N4OS2/c1-11(17(24)23-13-5-2-4-12(8-13)9-20)25-18-16-14-6-3-7-15(14)26-19(16)22-10-21-18/h2,4-5,8,10-11H,3,6-7H2,1H3,(H,23,24). The van der Waals surface area contributed by atoms with Gasteiger partial charge in [0.05, 0.1) is 16.9 Å². The monoisotopic (exact) mass is 380 g/mol. The molecule has 1 unspecified atom stereocenters. The summed E-state index contributed by atoms with van der Waals surface area (Å²) in [6, 6.07) is 9.00. The molecule has 1 aromatic carbocycles. The number of nitriles is 1. The second-order valence-corrected chi connectivity index (χ2v) is 8.57.